The van der Waals surface area contributed by atoms with E-state index in [1.54, 1.807) is 0 Å². The van der Waals surface area contributed by atoms with Crippen LogP contribution in [0.25, 0.3) is 0 Å². The monoisotopic (exact) mass is 272 g/mol. The lowest BCUT2D eigenvalue weighted by molar-refractivity contribution is -0.111. The smallest absolute Gasteiger partial charge is 0.122 e. The molecule has 114 valence electrons. The van der Waals surface area contributed by atoms with Gasteiger partial charge in [0, 0.05) is 6.42 Å². The maximum Gasteiger partial charge on any atom is 0.122 e. The molecule has 0 fully saturated rings. The topological polar surface area (TPSA) is 57.5 Å². The summed E-state index contributed by atoms with van der Waals surface area (Å²) in [6, 6.07) is 0. The van der Waals surface area contributed by atoms with Gasteiger partial charge >= 0.3 is 0 Å². The Balaban J connectivity index is 3.20. The Morgan fingerprint density at radius 1 is 0.789 bits per heavy atom. The Hall–Kier alpha value is -0.410. The highest BCUT2D eigenvalue weighted by Gasteiger charge is 2.14. The number of aldehydes is 1. The Labute approximate surface area is 118 Å². The fourth-order valence-corrected chi connectivity index (χ4v) is 2.29. The number of unbranched alkanes of at least 4 members (excludes halogenated alkanes) is 9. The summed E-state index contributed by atoms with van der Waals surface area (Å²) in [6.45, 7) is 2.24. The second-order valence-corrected chi connectivity index (χ2v) is 5.51. The molecule has 0 aromatic carbocycles. The third kappa shape index (κ3) is 12.4. The Kier molecular flexibility index (Phi) is 13.7. The van der Waals surface area contributed by atoms with Gasteiger partial charge in [-0.25, -0.2) is 0 Å². The van der Waals surface area contributed by atoms with Crippen LogP contribution in [0.4, 0.5) is 0 Å². The van der Waals surface area contributed by atoms with Crippen molar-refractivity contribution in [2.24, 2.45) is 0 Å². The summed E-state index contributed by atoms with van der Waals surface area (Å²) in [5.41, 5.74) is 0. The summed E-state index contributed by atoms with van der Waals surface area (Å²) in [4.78, 5) is 10.2. The fourth-order valence-electron chi connectivity index (χ4n) is 2.29. The molecule has 0 rings (SSSR count). The zero-order chi connectivity index (χ0) is 14.3. The highest BCUT2D eigenvalue weighted by molar-refractivity contribution is 5.50. The number of aliphatic hydroxyl groups is 2. The van der Waals surface area contributed by atoms with E-state index in [0.717, 1.165) is 12.8 Å². The van der Waals surface area contributed by atoms with Crippen molar-refractivity contribution in [3.8, 4) is 0 Å². The Bertz CT molecular complexity index is 194. The van der Waals surface area contributed by atoms with Crippen LogP contribution in [0.3, 0.4) is 0 Å². The molecule has 0 amide bonds. The summed E-state index contributed by atoms with van der Waals surface area (Å²) >= 11 is 0. The third-order valence-corrected chi connectivity index (χ3v) is 3.64. The van der Waals surface area contributed by atoms with Gasteiger partial charge in [-0.1, -0.05) is 71.1 Å². The first kappa shape index (κ1) is 18.6. The summed E-state index contributed by atoms with van der Waals surface area (Å²) < 4.78 is 0. The van der Waals surface area contributed by atoms with Crippen molar-refractivity contribution in [2.45, 2.75) is 96.2 Å². The van der Waals surface area contributed by atoms with Crippen LogP contribution >= 0.6 is 0 Å². The molecular formula is C16H32O3. The molecule has 0 aromatic heterocycles. The zero-order valence-corrected chi connectivity index (χ0v) is 12.5. The van der Waals surface area contributed by atoms with Gasteiger partial charge in [-0.15, -0.1) is 0 Å². The van der Waals surface area contributed by atoms with Gasteiger partial charge in [0.2, 0.25) is 0 Å². The van der Waals surface area contributed by atoms with E-state index in [4.69, 9.17) is 0 Å². The molecule has 2 N–H and O–H groups in total. The lowest BCUT2D eigenvalue weighted by Gasteiger charge is -2.15. The molecule has 3 heteroatoms. The highest BCUT2D eigenvalue weighted by atomic mass is 16.3. The third-order valence-electron chi connectivity index (χ3n) is 3.64. The van der Waals surface area contributed by atoms with Crippen LogP contribution in [-0.4, -0.2) is 28.7 Å². The average molecular weight is 272 g/mol. The van der Waals surface area contributed by atoms with Crippen LogP contribution < -0.4 is 0 Å². The number of rotatable bonds is 14. The predicted molar refractivity (Wildman–Crippen MR) is 79.2 cm³/mol. The van der Waals surface area contributed by atoms with Gasteiger partial charge in [0.25, 0.3) is 0 Å². The minimum atomic E-state index is -0.879. The number of hydrogen-bond acceptors (Lipinski definition) is 3. The van der Waals surface area contributed by atoms with Crippen LogP contribution in [0.5, 0.6) is 0 Å². The normalized spacial score (nSPS) is 14.3. The molecule has 3 nitrogen and oxygen atoms in total. The molecule has 0 bridgehead atoms. The zero-order valence-electron chi connectivity index (χ0n) is 12.5. The predicted octanol–water partition coefficient (Wildman–Crippen LogP) is 3.61. The number of carbonyl (C=O) groups is 1. The fraction of sp³-hybridized carbons (Fsp3) is 0.938. The van der Waals surface area contributed by atoms with Crippen molar-refractivity contribution in [1.82, 2.24) is 0 Å². The SMILES string of the molecule is CCCCCCCCCCCCC(O)C(O)CC=O. The molecule has 0 saturated carbocycles. The Morgan fingerprint density at radius 3 is 1.74 bits per heavy atom. The molecule has 0 aliphatic carbocycles. The molecule has 0 spiro atoms. The molecule has 0 saturated heterocycles. The van der Waals surface area contributed by atoms with Crippen molar-refractivity contribution < 1.29 is 15.0 Å². The molecule has 0 aromatic rings. The molecular weight excluding hydrogens is 240 g/mol. The van der Waals surface area contributed by atoms with E-state index in [2.05, 4.69) is 6.92 Å². The van der Waals surface area contributed by atoms with Gasteiger partial charge in [0.1, 0.15) is 6.29 Å². The van der Waals surface area contributed by atoms with Crippen molar-refractivity contribution in [2.75, 3.05) is 0 Å². The lowest BCUT2D eigenvalue weighted by Crippen LogP contribution is -2.25. The van der Waals surface area contributed by atoms with Crippen molar-refractivity contribution in [1.29, 1.82) is 0 Å². The molecule has 0 radical (unpaired) electrons. The average Bonchev–Trinajstić information content (AvgIpc) is 2.41. The molecule has 0 heterocycles. The Morgan fingerprint density at radius 2 is 1.26 bits per heavy atom. The van der Waals surface area contributed by atoms with Crippen molar-refractivity contribution >= 4 is 6.29 Å². The van der Waals surface area contributed by atoms with Gasteiger partial charge in [-0.3, -0.25) is 0 Å². The first-order chi connectivity index (χ1) is 9.22. The molecule has 0 aliphatic heterocycles. The first-order valence-corrected chi connectivity index (χ1v) is 8.02. The molecule has 2 unspecified atom stereocenters. The van der Waals surface area contributed by atoms with E-state index >= 15 is 0 Å². The van der Waals surface area contributed by atoms with Crippen molar-refractivity contribution in [3.63, 3.8) is 0 Å². The highest BCUT2D eigenvalue weighted by Crippen LogP contribution is 2.13. The first-order valence-electron chi connectivity index (χ1n) is 8.02. The minimum absolute atomic E-state index is 0.0406. The lowest BCUT2D eigenvalue weighted by atomic mass is 10.0. The molecule has 2 atom stereocenters. The summed E-state index contributed by atoms with van der Waals surface area (Å²) in [5.74, 6) is 0. The van der Waals surface area contributed by atoms with Crippen LogP contribution in [0.15, 0.2) is 0 Å². The number of aliphatic hydroxyl groups excluding tert-OH is 2. The van der Waals surface area contributed by atoms with Gasteiger partial charge < -0.3 is 15.0 Å². The maximum atomic E-state index is 10.2. The van der Waals surface area contributed by atoms with E-state index in [1.165, 1.54) is 51.4 Å². The van der Waals surface area contributed by atoms with E-state index in [1.807, 2.05) is 0 Å². The van der Waals surface area contributed by atoms with Gasteiger partial charge in [0.05, 0.1) is 12.2 Å². The molecule has 19 heavy (non-hydrogen) atoms. The van der Waals surface area contributed by atoms with Crippen LogP contribution in [0, 0.1) is 0 Å². The van der Waals surface area contributed by atoms with E-state index in [0.29, 0.717) is 12.7 Å². The maximum absolute atomic E-state index is 10.2. The van der Waals surface area contributed by atoms with Crippen LogP contribution in [0.1, 0.15) is 84.0 Å². The largest absolute Gasteiger partial charge is 0.390 e. The minimum Gasteiger partial charge on any atom is -0.390 e. The van der Waals surface area contributed by atoms with E-state index in [9.17, 15) is 15.0 Å². The number of carbonyl (C=O) groups excluding carboxylic acids is 1. The van der Waals surface area contributed by atoms with Crippen LogP contribution in [0.2, 0.25) is 0 Å². The second-order valence-electron chi connectivity index (χ2n) is 5.51. The van der Waals surface area contributed by atoms with E-state index < -0.39 is 12.2 Å². The number of hydrogen-bond donors (Lipinski definition) is 2. The second kappa shape index (κ2) is 14.0. The summed E-state index contributed by atoms with van der Waals surface area (Å²) in [5, 5.41) is 18.9. The van der Waals surface area contributed by atoms with Gasteiger partial charge in [0.15, 0.2) is 0 Å². The van der Waals surface area contributed by atoms with Gasteiger partial charge in [-0.2, -0.15) is 0 Å². The summed E-state index contributed by atoms with van der Waals surface area (Å²) in [7, 11) is 0. The van der Waals surface area contributed by atoms with Crippen LogP contribution in [-0.2, 0) is 4.79 Å². The standard InChI is InChI=1S/C16H32O3/c1-2-3-4-5-6-7-8-9-10-11-12-15(18)16(19)13-14-17/h14-16,18-19H,2-13H2,1H3. The molecule has 0 aliphatic rings. The van der Waals surface area contributed by atoms with Crippen molar-refractivity contribution in [3.05, 3.63) is 0 Å². The van der Waals surface area contributed by atoms with E-state index in [-0.39, 0.29) is 6.42 Å². The van der Waals surface area contributed by atoms with Gasteiger partial charge in [-0.05, 0) is 6.42 Å². The summed E-state index contributed by atoms with van der Waals surface area (Å²) in [6.07, 6.45) is 12.3. The quantitative estimate of drug-likeness (QED) is 0.375.